The van der Waals surface area contributed by atoms with E-state index in [0.717, 1.165) is 18.5 Å². The molecular formula is C18H30N2O. The van der Waals surface area contributed by atoms with Crippen LogP contribution in [-0.4, -0.2) is 12.5 Å². The zero-order valence-corrected chi connectivity index (χ0v) is 13.7. The molecule has 0 aliphatic carbocycles. The van der Waals surface area contributed by atoms with Crippen LogP contribution in [0, 0.1) is 5.41 Å². The number of carbonyl (C=O) groups excluding carboxylic acids is 1. The number of rotatable bonds is 9. The molecule has 1 rings (SSSR count). The van der Waals surface area contributed by atoms with Crippen molar-refractivity contribution in [2.45, 2.75) is 58.9 Å². The lowest BCUT2D eigenvalue weighted by molar-refractivity contribution is -0.121. The summed E-state index contributed by atoms with van der Waals surface area (Å²) < 4.78 is 0. The molecule has 0 heterocycles. The predicted octanol–water partition coefficient (Wildman–Crippen LogP) is 3.80. The third-order valence-electron chi connectivity index (χ3n) is 3.85. The summed E-state index contributed by atoms with van der Waals surface area (Å²) in [6.07, 6.45) is 5.20. The van der Waals surface area contributed by atoms with Crippen LogP contribution in [0.25, 0.3) is 0 Å². The molecule has 0 spiro atoms. The van der Waals surface area contributed by atoms with Crippen LogP contribution in [0.5, 0.6) is 0 Å². The minimum absolute atomic E-state index is 0.0370. The number of hydrogen-bond donors (Lipinski definition) is 2. The Morgan fingerprint density at radius 3 is 2.52 bits per heavy atom. The average Bonchev–Trinajstić information content (AvgIpc) is 2.46. The van der Waals surface area contributed by atoms with Crippen LogP contribution in [0.4, 0.5) is 0 Å². The molecule has 118 valence electrons. The summed E-state index contributed by atoms with van der Waals surface area (Å²) in [4.78, 5) is 12.0. The standard InChI is InChI=1S/C18H30N2O/c1-4-5-9-12-18(2,3)14-20-17(21)13-16(19)15-10-7-6-8-11-15/h6-8,10-11,16H,4-5,9,12-14,19H2,1-3H3,(H,20,21). The number of benzene rings is 1. The molecule has 21 heavy (non-hydrogen) atoms. The van der Waals surface area contributed by atoms with E-state index in [2.05, 4.69) is 26.1 Å². The predicted molar refractivity (Wildman–Crippen MR) is 88.9 cm³/mol. The van der Waals surface area contributed by atoms with Gasteiger partial charge in [-0.2, -0.15) is 0 Å². The van der Waals surface area contributed by atoms with Gasteiger partial charge in [0.05, 0.1) is 0 Å². The Balaban J connectivity index is 2.33. The minimum atomic E-state index is -0.227. The maximum absolute atomic E-state index is 12.0. The van der Waals surface area contributed by atoms with E-state index in [9.17, 15) is 4.79 Å². The van der Waals surface area contributed by atoms with Gasteiger partial charge < -0.3 is 11.1 Å². The van der Waals surface area contributed by atoms with Gasteiger partial charge in [-0.05, 0) is 17.4 Å². The third kappa shape index (κ3) is 7.28. The fraction of sp³-hybridized carbons (Fsp3) is 0.611. The first-order valence-electron chi connectivity index (χ1n) is 8.02. The van der Waals surface area contributed by atoms with E-state index in [4.69, 9.17) is 5.73 Å². The molecule has 0 aromatic heterocycles. The molecule has 1 aromatic rings. The van der Waals surface area contributed by atoms with Crippen molar-refractivity contribution in [3.05, 3.63) is 35.9 Å². The van der Waals surface area contributed by atoms with Crippen LogP contribution in [-0.2, 0) is 4.79 Å². The number of unbranched alkanes of at least 4 members (excludes halogenated alkanes) is 2. The molecular weight excluding hydrogens is 260 g/mol. The summed E-state index contributed by atoms with van der Waals surface area (Å²) in [7, 11) is 0. The highest BCUT2D eigenvalue weighted by Gasteiger charge is 2.19. The molecule has 1 atom stereocenters. The summed E-state index contributed by atoms with van der Waals surface area (Å²) in [6.45, 7) is 7.34. The van der Waals surface area contributed by atoms with Crippen molar-refractivity contribution in [2.24, 2.45) is 11.1 Å². The highest BCUT2D eigenvalue weighted by atomic mass is 16.1. The SMILES string of the molecule is CCCCCC(C)(C)CNC(=O)CC(N)c1ccccc1. The van der Waals surface area contributed by atoms with Crippen LogP contribution in [0.1, 0.15) is 64.5 Å². The molecule has 3 N–H and O–H groups in total. The number of amides is 1. The van der Waals surface area contributed by atoms with Gasteiger partial charge in [0.2, 0.25) is 5.91 Å². The molecule has 3 nitrogen and oxygen atoms in total. The van der Waals surface area contributed by atoms with Crippen molar-refractivity contribution in [1.82, 2.24) is 5.32 Å². The molecule has 0 bridgehead atoms. The van der Waals surface area contributed by atoms with Crippen molar-refractivity contribution >= 4 is 5.91 Å². The van der Waals surface area contributed by atoms with E-state index >= 15 is 0 Å². The van der Waals surface area contributed by atoms with Gasteiger partial charge >= 0.3 is 0 Å². The van der Waals surface area contributed by atoms with Gasteiger partial charge in [-0.25, -0.2) is 0 Å². The van der Waals surface area contributed by atoms with Crippen molar-refractivity contribution in [3.8, 4) is 0 Å². The Morgan fingerprint density at radius 1 is 1.24 bits per heavy atom. The quantitative estimate of drug-likeness (QED) is 0.680. The monoisotopic (exact) mass is 290 g/mol. The Bertz CT molecular complexity index is 414. The third-order valence-corrected chi connectivity index (χ3v) is 3.85. The summed E-state index contributed by atoms with van der Waals surface area (Å²) >= 11 is 0. The number of carbonyl (C=O) groups is 1. The largest absolute Gasteiger partial charge is 0.356 e. The number of nitrogens with one attached hydrogen (secondary N) is 1. The molecule has 3 heteroatoms. The van der Waals surface area contributed by atoms with E-state index in [0.29, 0.717) is 6.42 Å². The lowest BCUT2D eigenvalue weighted by Gasteiger charge is -2.25. The Labute approximate surface area is 129 Å². The van der Waals surface area contributed by atoms with Gasteiger partial charge in [0.15, 0.2) is 0 Å². The normalized spacial score (nSPS) is 13.0. The molecule has 0 saturated heterocycles. The molecule has 0 fully saturated rings. The highest BCUT2D eigenvalue weighted by molar-refractivity contribution is 5.76. The van der Waals surface area contributed by atoms with Crippen molar-refractivity contribution < 1.29 is 4.79 Å². The van der Waals surface area contributed by atoms with Gasteiger partial charge in [-0.3, -0.25) is 4.79 Å². The van der Waals surface area contributed by atoms with Crippen molar-refractivity contribution in [3.63, 3.8) is 0 Å². The first-order valence-corrected chi connectivity index (χ1v) is 8.02. The fourth-order valence-electron chi connectivity index (χ4n) is 2.37. The van der Waals surface area contributed by atoms with Crippen LogP contribution < -0.4 is 11.1 Å². The summed E-state index contributed by atoms with van der Waals surface area (Å²) in [5, 5.41) is 3.03. The zero-order valence-electron chi connectivity index (χ0n) is 13.7. The summed E-state index contributed by atoms with van der Waals surface area (Å²) in [6, 6.07) is 9.55. The average molecular weight is 290 g/mol. The molecule has 1 unspecified atom stereocenters. The van der Waals surface area contributed by atoms with E-state index in [1.807, 2.05) is 30.3 Å². The zero-order chi connectivity index (χ0) is 15.7. The Hall–Kier alpha value is -1.35. The first-order chi connectivity index (χ1) is 9.94. The Kier molecular flexibility index (Phi) is 7.44. The van der Waals surface area contributed by atoms with Crippen molar-refractivity contribution in [2.75, 3.05) is 6.54 Å². The van der Waals surface area contributed by atoms with Crippen LogP contribution in [0.3, 0.4) is 0 Å². The van der Waals surface area contributed by atoms with E-state index in [1.165, 1.54) is 19.3 Å². The van der Waals surface area contributed by atoms with E-state index in [-0.39, 0.29) is 17.4 Å². The number of hydrogen-bond acceptors (Lipinski definition) is 2. The molecule has 0 radical (unpaired) electrons. The van der Waals surface area contributed by atoms with E-state index in [1.54, 1.807) is 0 Å². The smallest absolute Gasteiger partial charge is 0.221 e. The minimum Gasteiger partial charge on any atom is -0.356 e. The first kappa shape index (κ1) is 17.7. The molecule has 0 saturated carbocycles. The topological polar surface area (TPSA) is 55.1 Å². The Morgan fingerprint density at radius 2 is 1.90 bits per heavy atom. The van der Waals surface area contributed by atoms with Crippen LogP contribution in [0.2, 0.25) is 0 Å². The van der Waals surface area contributed by atoms with Crippen LogP contribution >= 0.6 is 0 Å². The summed E-state index contributed by atoms with van der Waals surface area (Å²) in [5.74, 6) is 0.0370. The second kappa shape index (κ2) is 8.83. The van der Waals surface area contributed by atoms with E-state index < -0.39 is 0 Å². The molecule has 1 amide bonds. The molecule has 1 aromatic carbocycles. The van der Waals surface area contributed by atoms with Crippen LogP contribution in [0.15, 0.2) is 30.3 Å². The maximum Gasteiger partial charge on any atom is 0.221 e. The maximum atomic E-state index is 12.0. The lowest BCUT2D eigenvalue weighted by Crippen LogP contribution is -2.35. The lowest BCUT2D eigenvalue weighted by atomic mass is 9.87. The van der Waals surface area contributed by atoms with Gasteiger partial charge in [0, 0.05) is 19.0 Å². The fourth-order valence-corrected chi connectivity index (χ4v) is 2.37. The molecule has 0 aliphatic rings. The van der Waals surface area contributed by atoms with Crippen molar-refractivity contribution in [1.29, 1.82) is 0 Å². The van der Waals surface area contributed by atoms with Gasteiger partial charge in [0.1, 0.15) is 0 Å². The molecule has 0 aliphatic heterocycles. The van der Waals surface area contributed by atoms with Gasteiger partial charge in [-0.15, -0.1) is 0 Å². The second-order valence-electron chi connectivity index (χ2n) is 6.62. The van der Waals surface area contributed by atoms with Gasteiger partial charge in [-0.1, -0.05) is 70.4 Å². The summed E-state index contributed by atoms with van der Waals surface area (Å²) in [5.41, 5.74) is 7.24. The highest BCUT2D eigenvalue weighted by Crippen LogP contribution is 2.23. The van der Waals surface area contributed by atoms with Gasteiger partial charge in [0.25, 0.3) is 0 Å². The second-order valence-corrected chi connectivity index (χ2v) is 6.62. The number of nitrogens with two attached hydrogens (primary N) is 1.